The Bertz CT molecular complexity index is 672. The highest BCUT2D eigenvalue weighted by molar-refractivity contribution is 6.37. The third kappa shape index (κ3) is 3.46. The van der Waals surface area contributed by atoms with Crippen molar-refractivity contribution in [3.05, 3.63) is 63.6 Å². The minimum Gasteiger partial charge on any atom is -0.275 e. The SMILES string of the molecule is C/C(=N\Nc1ccc(F)cc1F)c1ccc(Cl)cc1Cl. The van der Waals surface area contributed by atoms with Crippen LogP contribution in [0.25, 0.3) is 0 Å². The molecule has 2 rings (SSSR count). The molecule has 0 spiro atoms. The van der Waals surface area contributed by atoms with Gasteiger partial charge in [0, 0.05) is 16.7 Å². The highest BCUT2D eigenvalue weighted by Gasteiger charge is 2.06. The lowest BCUT2D eigenvalue weighted by Crippen LogP contribution is -2.02. The molecule has 0 heterocycles. The Kier molecular flexibility index (Phi) is 4.57. The second kappa shape index (κ2) is 6.20. The van der Waals surface area contributed by atoms with Gasteiger partial charge in [0.15, 0.2) is 5.82 Å². The third-order valence-electron chi connectivity index (χ3n) is 2.60. The van der Waals surface area contributed by atoms with Gasteiger partial charge in [0.2, 0.25) is 0 Å². The second-order valence-corrected chi connectivity index (χ2v) is 4.90. The maximum atomic E-state index is 13.4. The fourth-order valence-electron chi connectivity index (χ4n) is 1.57. The summed E-state index contributed by atoms with van der Waals surface area (Å²) in [6, 6.07) is 8.18. The number of hydrazone groups is 1. The van der Waals surface area contributed by atoms with E-state index in [9.17, 15) is 8.78 Å². The van der Waals surface area contributed by atoms with Crippen LogP contribution in [0.4, 0.5) is 14.5 Å². The van der Waals surface area contributed by atoms with Crippen LogP contribution in [0.5, 0.6) is 0 Å². The Morgan fingerprint density at radius 1 is 1.10 bits per heavy atom. The van der Waals surface area contributed by atoms with Crippen molar-refractivity contribution >= 4 is 34.6 Å². The van der Waals surface area contributed by atoms with Gasteiger partial charge in [-0.15, -0.1) is 0 Å². The van der Waals surface area contributed by atoms with Gasteiger partial charge in [-0.2, -0.15) is 5.10 Å². The van der Waals surface area contributed by atoms with Crippen LogP contribution in [-0.4, -0.2) is 5.71 Å². The Labute approximate surface area is 125 Å². The third-order valence-corrected chi connectivity index (χ3v) is 3.14. The topological polar surface area (TPSA) is 24.4 Å². The number of halogens is 4. The zero-order valence-corrected chi connectivity index (χ0v) is 11.9. The van der Waals surface area contributed by atoms with Crippen molar-refractivity contribution in [3.8, 4) is 0 Å². The van der Waals surface area contributed by atoms with E-state index in [2.05, 4.69) is 10.5 Å². The van der Waals surface area contributed by atoms with E-state index in [1.807, 2.05) is 0 Å². The maximum absolute atomic E-state index is 13.4. The van der Waals surface area contributed by atoms with Gasteiger partial charge < -0.3 is 0 Å². The summed E-state index contributed by atoms with van der Waals surface area (Å²) in [5, 5.41) is 4.98. The van der Waals surface area contributed by atoms with Gasteiger partial charge in [-0.25, -0.2) is 8.78 Å². The number of benzene rings is 2. The zero-order valence-electron chi connectivity index (χ0n) is 10.4. The van der Waals surface area contributed by atoms with Gasteiger partial charge in [-0.3, -0.25) is 5.43 Å². The van der Waals surface area contributed by atoms with Crippen LogP contribution in [0.1, 0.15) is 12.5 Å². The average molecular weight is 315 g/mol. The number of anilines is 1. The van der Waals surface area contributed by atoms with Gasteiger partial charge in [0.1, 0.15) is 5.82 Å². The number of hydrogen-bond donors (Lipinski definition) is 1. The maximum Gasteiger partial charge on any atom is 0.151 e. The summed E-state index contributed by atoms with van der Waals surface area (Å²) in [6.07, 6.45) is 0. The average Bonchev–Trinajstić information content (AvgIpc) is 2.37. The van der Waals surface area contributed by atoms with E-state index in [1.54, 1.807) is 25.1 Å². The first-order chi connectivity index (χ1) is 9.47. The molecule has 1 N–H and O–H groups in total. The Hall–Kier alpha value is -1.65. The van der Waals surface area contributed by atoms with Crippen molar-refractivity contribution in [2.45, 2.75) is 6.92 Å². The smallest absolute Gasteiger partial charge is 0.151 e. The van der Waals surface area contributed by atoms with Gasteiger partial charge in [-0.1, -0.05) is 29.3 Å². The quantitative estimate of drug-likeness (QED) is 0.618. The molecular weight excluding hydrogens is 305 g/mol. The summed E-state index contributed by atoms with van der Waals surface area (Å²) < 4.78 is 26.2. The molecule has 20 heavy (non-hydrogen) atoms. The lowest BCUT2D eigenvalue weighted by atomic mass is 10.1. The Balaban J connectivity index is 2.22. The normalized spacial score (nSPS) is 11.6. The molecule has 0 aliphatic carbocycles. The molecule has 2 nitrogen and oxygen atoms in total. The first-order valence-electron chi connectivity index (χ1n) is 5.68. The molecule has 0 radical (unpaired) electrons. The number of nitrogens with one attached hydrogen (secondary N) is 1. The predicted octanol–water partition coefficient (Wildman–Crippen LogP) is 5.11. The molecule has 0 bridgehead atoms. The highest BCUT2D eigenvalue weighted by Crippen LogP contribution is 2.22. The lowest BCUT2D eigenvalue weighted by molar-refractivity contribution is 0.585. The van der Waals surface area contributed by atoms with E-state index in [4.69, 9.17) is 23.2 Å². The molecule has 0 saturated carbocycles. The molecule has 0 aliphatic heterocycles. The van der Waals surface area contributed by atoms with Crippen LogP contribution in [0, 0.1) is 11.6 Å². The molecule has 0 unspecified atom stereocenters. The molecule has 2 aromatic carbocycles. The number of rotatable bonds is 3. The molecule has 0 fully saturated rings. The minimum absolute atomic E-state index is 0.0795. The van der Waals surface area contributed by atoms with E-state index >= 15 is 0 Å². The summed E-state index contributed by atoms with van der Waals surface area (Å²) in [4.78, 5) is 0. The van der Waals surface area contributed by atoms with Gasteiger partial charge >= 0.3 is 0 Å². The van der Waals surface area contributed by atoms with Crippen molar-refractivity contribution in [1.82, 2.24) is 0 Å². The van der Waals surface area contributed by atoms with Crippen molar-refractivity contribution in [2.75, 3.05) is 5.43 Å². The molecule has 0 atom stereocenters. The van der Waals surface area contributed by atoms with Crippen molar-refractivity contribution in [1.29, 1.82) is 0 Å². The molecule has 0 aromatic heterocycles. The molecule has 6 heteroatoms. The lowest BCUT2D eigenvalue weighted by Gasteiger charge is -2.06. The molecule has 104 valence electrons. The highest BCUT2D eigenvalue weighted by atomic mass is 35.5. The van der Waals surface area contributed by atoms with Crippen molar-refractivity contribution in [2.24, 2.45) is 5.10 Å². The molecule has 0 aliphatic rings. The van der Waals surface area contributed by atoms with Gasteiger partial charge in [0.25, 0.3) is 0 Å². The standard InChI is InChI=1S/C14H10Cl2F2N2/c1-8(11-4-2-9(15)6-12(11)16)19-20-14-5-3-10(17)7-13(14)18/h2-7,20H,1H3/b19-8+. The fourth-order valence-corrected chi connectivity index (χ4v) is 2.11. The minimum atomic E-state index is -0.719. The van der Waals surface area contributed by atoms with Crippen LogP contribution in [0.15, 0.2) is 41.5 Å². The van der Waals surface area contributed by atoms with E-state index in [0.29, 0.717) is 21.3 Å². The zero-order chi connectivity index (χ0) is 14.7. The monoisotopic (exact) mass is 314 g/mol. The summed E-state index contributed by atoms with van der Waals surface area (Å²) in [6.45, 7) is 1.71. The molecule has 2 aromatic rings. The van der Waals surface area contributed by atoms with Crippen molar-refractivity contribution in [3.63, 3.8) is 0 Å². The largest absolute Gasteiger partial charge is 0.275 e. The van der Waals surface area contributed by atoms with Crippen LogP contribution in [0.2, 0.25) is 10.0 Å². The predicted molar refractivity (Wildman–Crippen MR) is 78.7 cm³/mol. The van der Waals surface area contributed by atoms with Crippen LogP contribution in [-0.2, 0) is 0 Å². The number of nitrogens with zero attached hydrogens (tertiary/aromatic N) is 1. The molecular formula is C14H10Cl2F2N2. The van der Waals surface area contributed by atoms with Gasteiger partial charge in [0.05, 0.1) is 16.4 Å². The molecule has 0 amide bonds. The first kappa shape index (κ1) is 14.8. The van der Waals surface area contributed by atoms with Crippen LogP contribution < -0.4 is 5.43 Å². The Morgan fingerprint density at radius 2 is 1.85 bits per heavy atom. The first-order valence-corrected chi connectivity index (χ1v) is 6.44. The second-order valence-electron chi connectivity index (χ2n) is 4.06. The summed E-state index contributed by atoms with van der Waals surface area (Å²) >= 11 is 11.8. The van der Waals surface area contributed by atoms with E-state index in [0.717, 1.165) is 12.1 Å². The number of hydrogen-bond acceptors (Lipinski definition) is 2. The summed E-state index contributed by atoms with van der Waals surface area (Å²) in [5.74, 6) is -1.36. The van der Waals surface area contributed by atoms with Crippen LogP contribution >= 0.6 is 23.2 Å². The van der Waals surface area contributed by atoms with E-state index in [-0.39, 0.29) is 5.69 Å². The van der Waals surface area contributed by atoms with Crippen LogP contribution in [0.3, 0.4) is 0 Å². The molecule has 0 saturated heterocycles. The summed E-state index contributed by atoms with van der Waals surface area (Å²) in [7, 11) is 0. The Morgan fingerprint density at radius 3 is 2.50 bits per heavy atom. The van der Waals surface area contributed by atoms with E-state index in [1.165, 1.54) is 6.07 Å². The fraction of sp³-hybridized carbons (Fsp3) is 0.0714. The van der Waals surface area contributed by atoms with E-state index < -0.39 is 11.6 Å². The van der Waals surface area contributed by atoms with Crippen molar-refractivity contribution < 1.29 is 8.78 Å². The van der Waals surface area contributed by atoms with Gasteiger partial charge in [-0.05, 0) is 31.2 Å². The summed E-state index contributed by atoms with van der Waals surface area (Å²) in [5.41, 5.74) is 3.84.